The molecule has 0 saturated carbocycles. The van der Waals surface area contributed by atoms with Crippen molar-refractivity contribution in [3.8, 4) is 0 Å². The SMILES string of the molecule is CCNC(C)c1cccc(F)c1SCC(O)CO. The van der Waals surface area contributed by atoms with E-state index in [2.05, 4.69) is 5.32 Å². The van der Waals surface area contributed by atoms with E-state index >= 15 is 0 Å². The van der Waals surface area contributed by atoms with Gasteiger partial charge in [0.05, 0.1) is 12.7 Å². The predicted molar refractivity (Wildman–Crippen MR) is 72.3 cm³/mol. The third-order valence-corrected chi connectivity index (χ3v) is 3.88. The number of hydrogen-bond donors (Lipinski definition) is 3. The minimum absolute atomic E-state index is 0.0551. The number of hydrogen-bond acceptors (Lipinski definition) is 4. The number of thioether (sulfide) groups is 1. The summed E-state index contributed by atoms with van der Waals surface area (Å²) in [5, 5.41) is 21.3. The second-order valence-corrected chi connectivity index (χ2v) is 5.12. The first-order chi connectivity index (χ1) is 8.60. The molecule has 0 amide bonds. The second-order valence-electron chi connectivity index (χ2n) is 4.08. The second kappa shape index (κ2) is 7.74. The van der Waals surface area contributed by atoms with Crippen molar-refractivity contribution < 1.29 is 14.6 Å². The van der Waals surface area contributed by atoms with Crippen LogP contribution in [0.15, 0.2) is 23.1 Å². The Bertz CT molecular complexity index is 376. The van der Waals surface area contributed by atoms with E-state index < -0.39 is 6.10 Å². The Balaban J connectivity index is 2.86. The fourth-order valence-electron chi connectivity index (χ4n) is 1.67. The third kappa shape index (κ3) is 4.24. The molecule has 0 aliphatic carbocycles. The number of aliphatic hydroxyl groups is 2. The highest BCUT2D eigenvalue weighted by atomic mass is 32.2. The summed E-state index contributed by atoms with van der Waals surface area (Å²) in [6, 6.07) is 5.03. The summed E-state index contributed by atoms with van der Waals surface area (Å²) in [5.74, 6) is -0.00379. The van der Waals surface area contributed by atoms with E-state index in [0.29, 0.717) is 4.90 Å². The first-order valence-electron chi connectivity index (χ1n) is 6.03. The van der Waals surface area contributed by atoms with Crippen LogP contribution in [-0.4, -0.2) is 35.2 Å². The number of aliphatic hydroxyl groups excluding tert-OH is 2. The van der Waals surface area contributed by atoms with E-state index in [1.54, 1.807) is 6.07 Å². The molecule has 0 saturated heterocycles. The van der Waals surface area contributed by atoms with Crippen LogP contribution >= 0.6 is 11.8 Å². The summed E-state index contributed by atoms with van der Waals surface area (Å²) in [7, 11) is 0. The van der Waals surface area contributed by atoms with Crippen LogP contribution in [-0.2, 0) is 0 Å². The van der Waals surface area contributed by atoms with Gasteiger partial charge in [-0.05, 0) is 25.1 Å². The average Bonchev–Trinajstić information content (AvgIpc) is 2.36. The molecule has 2 unspecified atom stereocenters. The molecule has 1 rings (SSSR count). The van der Waals surface area contributed by atoms with E-state index in [-0.39, 0.29) is 24.2 Å². The largest absolute Gasteiger partial charge is 0.394 e. The number of rotatable bonds is 7. The van der Waals surface area contributed by atoms with Crippen LogP contribution in [0.4, 0.5) is 4.39 Å². The Morgan fingerprint density at radius 1 is 1.44 bits per heavy atom. The molecular weight excluding hydrogens is 253 g/mol. The number of halogens is 1. The molecule has 2 atom stereocenters. The molecule has 102 valence electrons. The van der Waals surface area contributed by atoms with Gasteiger partial charge in [0, 0.05) is 16.7 Å². The Hall–Kier alpha value is -0.620. The van der Waals surface area contributed by atoms with E-state index in [9.17, 15) is 9.50 Å². The topological polar surface area (TPSA) is 52.5 Å². The van der Waals surface area contributed by atoms with E-state index in [0.717, 1.165) is 12.1 Å². The lowest BCUT2D eigenvalue weighted by atomic mass is 10.1. The molecule has 0 fully saturated rings. The summed E-state index contributed by atoms with van der Waals surface area (Å²) in [6.45, 7) is 4.48. The van der Waals surface area contributed by atoms with Crippen molar-refractivity contribution in [1.82, 2.24) is 5.32 Å². The van der Waals surface area contributed by atoms with Crippen molar-refractivity contribution in [2.24, 2.45) is 0 Å². The maximum atomic E-state index is 13.8. The molecule has 0 bridgehead atoms. The highest BCUT2D eigenvalue weighted by molar-refractivity contribution is 7.99. The molecule has 18 heavy (non-hydrogen) atoms. The van der Waals surface area contributed by atoms with E-state index in [1.165, 1.54) is 17.8 Å². The molecular formula is C13H20FNO2S. The minimum atomic E-state index is -0.822. The van der Waals surface area contributed by atoms with E-state index in [4.69, 9.17) is 5.11 Å². The van der Waals surface area contributed by atoms with Gasteiger partial charge in [-0.2, -0.15) is 0 Å². The monoisotopic (exact) mass is 273 g/mol. The Morgan fingerprint density at radius 2 is 2.17 bits per heavy atom. The molecule has 5 heteroatoms. The molecule has 0 aliphatic heterocycles. The quantitative estimate of drug-likeness (QED) is 0.665. The summed E-state index contributed by atoms with van der Waals surface area (Å²) in [5.41, 5.74) is 0.881. The van der Waals surface area contributed by atoms with Crippen molar-refractivity contribution in [3.63, 3.8) is 0 Å². The lowest BCUT2D eigenvalue weighted by Crippen LogP contribution is -2.19. The fraction of sp³-hybridized carbons (Fsp3) is 0.538. The lowest BCUT2D eigenvalue weighted by Gasteiger charge is -2.18. The van der Waals surface area contributed by atoms with Gasteiger partial charge in [0.15, 0.2) is 0 Å². The Kier molecular flexibility index (Phi) is 6.63. The van der Waals surface area contributed by atoms with Crippen molar-refractivity contribution in [2.45, 2.75) is 30.9 Å². The van der Waals surface area contributed by atoms with E-state index in [1.807, 2.05) is 19.9 Å². The standard InChI is InChI=1S/C13H20FNO2S/c1-3-15-9(2)11-5-4-6-12(14)13(11)18-8-10(17)7-16/h4-6,9-10,15-17H,3,7-8H2,1-2H3. The highest BCUT2D eigenvalue weighted by Gasteiger charge is 2.15. The molecule has 1 aromatic carbocycles. The molecule has 0 spiro atoms. The first kappa shape index (κ1) is 15.4. The van der Waals surface area contributed by atoms with Gasteiger partial charge in [0.1, 0.15) is 5.82 Å². The fourth-order valence-corrected chi connectivity index (χ4v) is 2.75. The van der Waals surface area contributed by atoms with Gasteiger partial charge in [-0.1, -0.05) is 19.1 Å². The van der Waals surface area contributed by atoms with Crippen molar-refractivity contribution >= 4 is 11.8 Å². The molecule has 0 aromatic heterocycles. The molecule has 0 aliphatic rings. The van der Waals surface area contributed by atoms with Crippen molar-refractivity contribution in [2.75, 3.05) is 18.9 Å². The van der Waals surface area contributed by atoms with Crippen molar-refractivity contribution in [1.29, 1.82) is 0 Å². The predicted octanol–water partition coefficient (Wildman–Crippen LogP) is 1.94. The third-order valence-electron chi connectivity index (χ3n) is 2.61. The van der Waals surface area contributed by atoms with Crippen LogP contribution in [0.2, 0.25) is 0 Å². The van der Waals surface area contributed by atoms with Gasteiger partial charge in [-0.3, -0.25) is 0 Å². The zero-order valence-corrected chi connectivity index (χ0v) is 11.5. The van der Waals surface area contributed by atoms with Crippen LogP contribution in [0.5, 0.6) is 0 Å². The maximum absolute atomic E-state index is 13.8. The molecule has 3 N–H and O–H groups in total. The van der Waals surface area contributed by atoms with Crippen molar-refractivity contribution in [3.05, 3.63) is 29.6 Å². The summed E-state index contributed by atoms with van der Waals surface area (Å²) >= 11 is 1.24. The minimum Gasteiger partial charge on any atom is -0.394 e. The molecule has 0 heterocycles. The van der Waals surface area contributed by atoms with Gasteiger partial charge in [-0.25, -0.2) is 4.39 Å². The Labute approximate surface area is 111 Å². The lowest BCUT2D eigenvalue weighted by molar-refractivity contribution is 0.113. The van der Waals surface area contributed by atoms with Gasteiger partial charge in [0.2, 0.25) is 0 Å². The summed E-state index contributed by atoms with van der Waals surface area (Å²) < 4.78 is 13.8. The van der Waals surface area contributed by atoms with Crippen LogP contribution in [0, 0.1) is 5.82 Å². The van der Waals surface area contributed by atoms with Gasteiger partial charge in [-0.15, -0.1) is 11.8 Å². The van der Waals surface area contributed by atoms with Crippen LogP contribution in [0.1, 0.15) is 25.5 Å². The van der Waals surface area contributed by atoms with Crippen LogP contribution in [0.25, 0.3) is 0 Å². The summed E-state index contributed by atoms with van der Waals surface area (Å²) in [6.07, 6.45) is -0.822. The zero-order valence-electron chi connectivity index (χ0n) is 10.7. The highest BCUT2D eigenvalue weighted by Crippen LogP contribution is 2.30. The maximum Gasteiger partial charge on any atom is 0.137 e. The van der Waals surface area contributed by atoms with Gasteiger partial charge in [0.25, 0.3) is 0 Å². The number of nitrogens with one attached hydrogen (secondary N) is 1. The van der Waals surface area contributed by atoms with Crippen LogP contribution in [0.3, 0.4) is 0 Å². The average molecular weight is 273 g/mol. The smallest absolute Gasteiger partial charge is 0.137 e. The van der Waals surface area contributed by atoms with Crippen LogP contribution < -0.4 is 5.32 Å². The normalized spacial score (nSPS) is 14.5. The van der Waals surface area contributed by atoms with Gasteiger partial charge >= 0.3 is 0 Å². The molecule has 1 aromatic rings. The van der Waals surface area contributed by atoms with Gasteiger partial charge < -0.3 is 15.5 Å². The molecule has 0 radical (unpaired) electrons. The first-order valence-corrected chi connectivity index (χ1v) is 7.02. The molecule has 3 nitrogen and oxygen atoms in total. The summed E-state index contributed by atoms with van der Waals surface area (Å²) in [4.78, 5) is 0.540. The Morgan fingerprint density at radius 3 is 2.78 bits per heavy atom. The number of benzene rings is 1. The zero-order chi connectivity index (χ0) is 13.5.